The van der Waals surface area contributed by atoms with Crippen molar-refractivity contribution < 1.29 is 9.90 Å². The van der Waals surface area contributed by atoms with Crippen LogP contribution >= 0.6 is 11.3 Å². The Morgan fingerprint density at radius 3 is 2.71 bits per heavy atom. The molecular formula is C16H20N2O2S. The van der Waals surface area contributed by atoms with Crippen LogP contribution in [-0.2, 0) is 6.42 Å². The summed E-state index contributed by atoms with van der Waals surface area (Å²) < 4.78 is 0. The van der Waals surface area contributed by atoms with Crippen molar-refractivity contribution in [2.75, 3.05) is 11.9 Å². The van der Waals surface area contributed by atoms with Gasteiger partial charge in [-0.1, -0.05) is 18.2 Å². The molecule has 0 fully saturated rings. The highest BCUT2D eigenvalue weighted by molar-refractivity contribution is 7.12. The van der Waals surface area contributed by atoms with Crippen molar-refractivity contribution in [3.8, 4) is 0 Å². The smallest absolute Gasteiger partial charge is 0.319 e. The normalized spacial score (nSPS) is 12.0. The van der Waals surface area contributed by atoms with Gasteiger partial charge in [0.15, 0.2) is 0 Å². The number of aliphatic hydroxyl groups is 1. The highest BCUT2D eigenvalue weighted by Gasteiger charge is 2.06. The van der Waals surface area contributed by atoms with E-state index in [9.17, 15) is 9.90 Å². The Bertz CT molecular complexity index is 608. The molecule has 0 bridgehead atoms. The molecule has 0 aliphatic heterocycles. The highest BCUT2D eigenvalue weighted by Crippen LogP contribution is 2.22. The van der Waals surface area contributed by atoms with Gasteiger partial charge in [-0.15, -0.1) is 11.3 Å². The zero-order valence-electron chi connectivity index (χ0n) is 12.2. The summed E-state index contributed by atoms with van der Waals surface area (Å²) in [6.07, 6.45) is 0.333. The molecule has 2 rings (SSSR count). The van der Waals surface area contributed by atoms with Crippen molar-refractivity contribution in [1.29, 1.82) is 0 Å². The fourth-order valence-electron chi connectivity index (χ4n) is 1.93. The molecule has 1 aromatic heterocycles. The van der Waals surface area contributed by atoms with E-state index >= 15 is 0 Å². The van der Waals surface area contributed by atoms with E-state index in [0.29, 0.717) is 6.54 Å². The minimum atomic E-state index is -0.430. The lowest BCUT2D eigenvalue weighted by molar-refractivity contribution is 0.203. The first-order valence-electron chi connectivity index (χ1n) is 6.93. The maximum absolute atomic E-state index is 11.8. The number of thiophene rings is 1. The van der Waals surface area contributed by atoms with Crippen molar-refractivity contribution in [2.45, 2.75) is 26.4 Å². The molecule has 0 aliphatic carbocycles. The second-order valence-electron chi connectivity index (χ2n) is 4.93. The molecule has 0 saturated heterocycles. The molecule has 4 nitrogen and oxygen atoms in total. The number of hydrogen-bond donors (Lipinski definition) is 3. The molecule has 0 radical (unpaired) electrons. The van der Waals surface area contributed by atoms with E-state index in [1.165, 1.54) is 0 Å². The summed E-state index contributed by atoms with van der Waals surface area (Å²) in [7, 11) is 0. The number of rotatable bonds is 5. The van der Waals surface area contributed by atoms with E-state index in [-0.39, 0.29) is 6.03 Å². The van der Waals surface area contributed by atoms with Gasteiger partial charge in [0.1, 0.15) is 0 Å². The quantitative estimate of drug-likeness (QED) is 0.792. The molecule has 0 saturated carbocycles. The molecule has 3 N–H and O–H groups in total. The number of carbonyl (C=O) groups is 1. The van der Waals surface area contributed by atoms with E-state index in [1.807, 2.05) is 43.3 Å². The van der Waals surface area contributed by atoms with Gasteiger partial charge >= 0.3 is 6.03 Å². The number of para-hydroxylation sites is 1. The summed E-state index contributed by atoms with van der Waals surface area (Å²) in [6, 6.07) is 11.4. The van der Waals surface area contributed by atoms with Crippen molar-refractivity contribution in [2.24, 2.45) is 0 Å². The Kier molecular flexibility index (Phi) is 5.36. The molecule has 1 aromatic carbocycles. The predicted molar refractivity (Wildman–Crippen MR) is 86.9 cm³/mol. The third kappa shape index (κ3) is 4.58. The maximum Gasteiger partial charge on any atom is 0.319 e. The number of benzene rings is 1. The third-order valence-corrected chi connectivity index (χ3v) is 4.46. The molecular weight excluding hydrogens is 284 g/mol. The standard InChI is InChI=1S/C16H20N2O2S/c1-11-5-3-4-6-14(11)18-16(20)17-10-9-13-7-8-15(21-13)12(2)19/h3-8,12,19H,9-10H2,1-2H3,(H2,17,18,20). The lowest BCUT2D eigenvalue weighted by Gasteiger charge is -2.09. The molecule has 0 spiro atoms. The minimum Gasteiger partial charge on any atom is -0.388 e. The number of hydrogen-bond acceptors (Lipinski definition) is 3. The Morgan fingerprint density at radius 2 is 2.05 bits per heavy atom. The van der Waals surface area contributed by atoms with Gasteiger partial charge in [0.2, 0.25) is 0 Å². The average Bonchev–Trinajstić information content (AvgIpc) is 2.90. The van der Waals surface area contributed by atoms with Crippen molar-refractivity contribution >= 4 is 23.1 Å². The first-order valence-corrected chi connectivity index (χ1v) is 7.75. The van der Waals surface area contributed by atoms with Crippen molar-refractivity contribution in [1.82, 2.24) is 5.32 Å². The van der Waals surface area contributed by atoms with Crippen molar-refractivity contribution in [3.63, 3.8) is 0 Å². The molecule has 2 amide bonds. The Hall–Kier alpha value is -1.85. The molecule has 1 atom stereocenters. The van der Waals surface area contributed by atoms with Gasteiger partial charge in [-0.05, 0) is 44.0 Å². The fourth-order valence-corrected chi connectivity index (χ4v) is 2.88. The van der Waals surface area contributed by atoms with Crippen LogP contribution in [0, 0.1) is 6.92 Å². The lowest BCUT2D eigenvalue weighted by atomic mass is 10.2. The number of nitrogens with one attached hydrogen (secondary N) is 2. The fraction of sp³-hybridized carbons (Fsp3) is 0.312. The van der Waals surface area contributed by atoms with Crippen LogP contribution in [0.1, 0.15) is 28.3 Å². The van der Waals surface area contributed by atoms with E-state index in [4.69, 9.17) is 0 Å². The van der Waals surface area contributed by atoms with Crippen LogP contribution in [0.2, 0.25) is 0 Å². The lowest BCUT2D eigenvalue weighted by Crippen LogP contribution is -2.30. The van der Waals surface area contributed by atoms with Gasteiger partial charge in [-0.25, -0.2) is 4.79 Å². The van der Waals surface area contributed by atoms with Gasteiger partial charge in [0.25, 0.3) is 0 Å². The predicted octanol–water partition coefficient (Wildman–Crippen LogP) is 3.47. The molecule has 1 heterocycles. The Labute approximate surface area is 128 Å². The van der Waals surface area contributed by atoms with Crippen LogP contribution in [-0.4, -0.2) is 17.7 Å². The summed E-state index contributed by atoms with van der Waals surface area (Å²) in [4.78, 5) is 13.9. The molecule has 112 valence electrons. The van der Waals surface area contributed by atoms with Crippen LogP contribution in [0.5, 0.6) is 0 Å². The van der Waals surface area contributed by atoms with E-state index in [2.05, 4.69) is 10.6 Å². The van der Waals surface area contributed by atoms with Crippen molar-refractivity contribution in [3.05, 3.63) is 51.7 Å². The van der Waals surface area contributed by atoms with Crippen LogP contribution in [0.4, 0.5) is 10.5 Å². The molecule has 1 unspecified atom stereocenters. The SMILES string of the molecule is Cc1ccccc1NC(=O)NCCc1ccc(C(C)O)s1. The van der Waals surface area contributed by atoms with Crippen LogP contribution in [0.15, 0.2) is 36.4 Å². The second kappa shape index (κ2) is 7.24. The topological polar surface area (TPSA) is 61.4 Å². The Balaban J connectivity index is 1.78. The summed E-state index contributed by atoms with van der Waals surface area (Å²) in [5.41, 5.74) is 1.86. The van der Waals surface area contributed by atoms with Gasteiger partial charge < -0.3 is 15.7 Å². The van der Waals surface area contributed by atoms with E-state index < -0.39 is 6.10 Å². The zero-order chi connectivity index (χ0) is 15.2. The molecule has 0 aliphatic rings. The number of anilines is 1. The maximum atomic E-state index is 11.8. The summed E-state index contributed by atoms with van der Waals surface area (Å²) >= 11 is 1.58. The monoisotopic (exact) mass is 304 g/mol. The average molecular weight is 304 g/mol. The largest absolute Gasteiger partial charge is 0.388 e. The number of carbonyl (C=O) groups excluding carboxylic acids is 1. The summed E-state index contributed by atoms with van der Waals surface area (Å²) in [6.45, 7) is 4.28. The highest BCUT2D eigenvalue weighted by atomic mass is 32.1. The number of aliphatic hydroxyl groups excluding tert-OH is 1. The van der Waals surface area contributed by atoms with Crippen LogP contribution in [0.25, 0.3) is 0 Å². The van der Waals surface area contributed by atoms with Gasteiger partial charge in [0, 0.05) is 22.0 Å². The van der Waals surface area contributed by atoms with Gasteiger partial charge in [-0.3, -0.25) is 0 Å². The van der Waals surface area contributed by atoms with Crippen LogP contribution in [0.3, 0.4) is 0 Å². The number of aryl methyl sites for hydroxylation is 1. The Morgan fingerprint density at radius 1 is 1.29 bits per heavy atom. The van der Waals surface area contributed by atoms with E-state index in [1.54, 1.807) is 18.3 Å². The molecule has 5 heteroatoms. The summed E-state index contributed by atoms with van der Waals surface area (Å²) in [5.74, 6) is 0. The zero-order valence-corrected chi connectivity index (χ0v) is 13.0. The van der Waals surface area contributed by atoms with Gasteiger partial charge in [0.05, 0.1) is 6.10 Å². The molecule has 2 aromatic rings. The third-order valence-electron chi connectivity index (χ3n) is 3.14. The first kappa shape index (κ1) is 15.5. The summed E-state index contributed by atoms with van der Waals surface area (Å²) in [5, 5.41) is 15.1. The van der Waals surface area contributed by atoms with Gasteiger partial charge in [-0.2, -0.15) is 0 Å². The first-order chi connectivity index (χ1) is 10.1. The second-order valence-corrected chi connectivity index (χ2v) is 6.13. The number of amides is 2. The van der Waals surface area contributed by atoms with Crippen LogP contribution < -0.4 is 10.6 Å². The molecule has 21 heavy (non-hydrogen) atoms. The number of urea groups is 1. The minimum absolute atomic E-state index is 0.198. The van der Waals surface area contributed by atoms with E-state index in [0.717, 1.165) is 27.4 Å².